The monoisotopic (exact) mass is 534 g/mol. The Balaban J connectivity index is 1.61. The Labute approximate surface area is 223 Å². The van der Waals surface area contributed by atoms with Crippen LogP contribution in [0.1, 0.15) is 37.6 Å². The van der Waals surface area contributed by atoms with E-state index in [1.165, 1.54) is 23.6 Å². The summed E-state index contributed by atoms with van der Waals surface area (Å²) in [5.74, 6) is 0.602. The fourth-order valence-corrected chi connectivity index (χ4v) is 4.89. The van der Waals surface area contributed by atoms with Gasteiger partial charge in [-0.05, 0) is 45.0 Å². The maximum absolute atomic E-state index is 15.3. The van der Waals surface area contributed by atoms with Gasteiger partial charge in [-0.1, -0.05) is 0 Å². The summed E-state index contributed by atoms with van der Waals surface area (Å²) in [6.45, 7) is 5.29. The van der Waals surface area contributed by atoms with Gasteiger partial charge in [0.1, 0.15) is 30.1 Å². The van der Waals surface area contributed by atoms with Crippen molar-refractivity contribution in [2.75, 3.05) is 18.1 Å². The standard InChI is InChI=1S/C27H27FN6O5/c1-27(2,3)39-26(36)33-11-18-19(28)5-6-21-23(18)15(12-37-21)13-38-22-10-17(24-30-29-14-34(24)25(22)33)20-9-16(7-8-35)31-32(20)4/h5-6,9-10,13-14,35H,7-8,11-12H2,1-4H3/b15-13+. The van der Waals surface area contributed by atoms with Gasteiger partial charge in [0.2, 0.25) is 0 Å². The Hall–Kier alpha value is -4.45. The second kappa shape index (κ2) is 9.09. The van der Waals surface area contributed by atoms with E-state index in [4.69, 9.17) is 14.2 Å². The van der Waals surface area contributed by atoms with Crippen LogP contribution in [0, 0.1) is 5.82 Å². The number of fused-ring (bicyclic) bond motifs is 3. The first-order valence-corrected chi connectivity index (χ1v) is 12.5. The van der Waals surface area contributed by atoms with Crippen LogP contribution in [0.25, 0.3) is 22.5 Å². The van der Waals surface area contributed by atoms with Crippen molar-refractivity contribution in [1.29, 1.82) is 0 Å². The normalized spacial score (nSPS) is 15.8. The molecule has 1 aromatic carbocycles. The molecule has 12 heteroatoms. The maximum Gasteiger partial charge on any atom is 0.416 e. The molecule has 202 valence electrons. The van der Waals surface area contributed by atoms with Crippen LogP contribution >= 0.6 is 0 Å². The van der Waals surface area contributed by atoms with Crippen LogP contribution in [0.2, 0.25) is 0 Å². The van der Waals surface area contributed by atoms with E-state index in [2.05, 4.69) is 15.3 Å². The molecule has 39 heavy (non-hydrogen) atoms. The van der Waals surface area contributed by atoms with Gasteiger partial charge in [-0.15, -0.1) is 10.2 Å². The van der Waals surface area contributed by atoms with Crippen LogP contribution in [0.4, 0.5) is 15.0 Å². The van der Waals surface area contributed by atoms with E-state index in [9.17, 15) is 9.90 Å². The number of anilines is 1. The van der Waals surface area contributed by atoms with Crippen molar-refractivity contribution in [3.8, 4) is 22.8 Å². The average Bonchev–Trinajstić information content (AvgIpc) is 3.60. The molecule has 1 N–H and O–H groups in total. The van der Waals surface area contributed by atoms with Crippen molar-refractivity contribution in [2.24, 2.45) is 7.05 Å². The number of carbonyl (C=O) groups excluding carboxylic acids is 1. The molecule has 2 aliphatic heterocycles. The Morgan fingerprint density at radius 2 is 2.05 bits per heavy atom. The van der Waals surface area contributed by atoms with Gasteiger partial charge >= 0.3 is 6.09 Å². The number of amides is 1. The van der Waals surface area contributed by atoms with E-state index >= 15 is 4.39 Å². The van der Waals surface area contributed by atoms with Gasteiger partial charge in [-0.2, -0.15) is 5.10 Å². The minimum Gasteiger partial charge on any atom is -0.488 e. The molecule has 0 fully saturated rings. The zero-order valence-electron chi connectivity index (χ0n) is 21.9. The number of hydrogen-bond donors (Lipinski definition) is 1. The van der Waals surface area contributed by atoms with Gasteiger partial charge in [0.15, 0.2) is 17.2 Å². The molecule has 0 atom stereocenters. The third-order valence-corrected chi connectivity index (χ3v) is 6.52. The van der Waals surface area contributed by atoms with Crippen molar-refractivity contribution in [2.45, 2.75) is 39.3 Å². The molecule has 0 saturated heterocycles. The van der Waals surface area contributed by atoms with Gasteiger partial charge in [-0.3, -0.25) is 14.0 Å². The summed E-state index contributed by atoms with van der Waals surface area (Å²) in [4.78, 5) is 15.0. The number of benzene rings is 1. The molecule has 0 radical (unpaired) electrons. The number of carbonyl (C=O) groups is 1. The van der Waals surface area contributed by atoms with Crippen molar-refractivity contribution >= 4 is 23.1 Å². The Kier molecular flexibility index (Phi) is 5.79. The van der Waals surface area contributed by atoms with Gasteiger partial charge in [-0.25, -0.2) is 9.18 Å². The van der Waals surface area contributed by atoms with Crippen molar-refractivity contribution in [1.82, 2.24) is 24.4 Å². The Morgan fingerprint density at radius 1 is 1.23 bits per heavy atom. The smallest absolute Gasteiger partial charge is 0.416 e. The number of aromatic nitrogens is 5. The molecule has 0 aliphatic carbocycles. The van der Waals surface area contributed by atoms with Crippen molar-refractivity contribution in [3.05, 3.63) is 59.5 Å². The highest BCUT2D eigenvalue weighted by Crippen LogP contribution is 2.43. The predicted molar refractivity (Wildman–Crippen MR) is 139 cm³/mol. The molecule has 1 amide bonds. The number of aliphatic hydroxyl groups is 1. The second-order valence-corrected chi connectivity index (χ2v) is 10.4. The first-order valence-electron chi connectivity index (χ1n) is 12.5. The van der Waals surface area contributed by atoms with E-state index in [0.717, 1.165) is 0 Å². The molecule has 5 heterocycles. The maximum atomic E-state index is 15.3. The summed E-state index contributed by atoms with van der Waals surface area (Å²) in [6.07, 6.45) is 2.68. The summed E-state index contributed by atoms with van der Waals surface area (Å²) in [7, 11) is 1.79. The van der Waals surface area contributed by atoms with Gasteiger partial charge in [0.05, 0.1) is 24.2 Å². The summed E-state index contributed by atoms with van der Waals surface area (Å²) in [6, 6.07) is 6.50. The van der Waals surface area contributed by atoms with E-state index in [-0.39, 0.29) is 31.1 Å². The van der Waals surface area contributed by atoms with Crippen LogP contribution in [0.15, 0.2) is 36.9 Å². The van der Waals surface area contributed by atoms with E-state index in [0.29, 0.717) is 51.7 Å². The van der Waals surface area contributed by atoms with Crippen LogP contribution in [0.5, 0.6) is 11.5 Å². The highest BCUT2D eigenvalue weighted by molar-refractivity contribution is 5.92. The SMILES string of the molecule is Cn1nc(CCO)cc1-c1cc2c(n3cnnc13)N(C(=O)OC(C)(C)C)Cc1c(F)ccc3c1/C(=C/O2)CO3. The summed E-state index contributed by atoms with van der Waals surface area (Å²) in [5.41, 5.74) is 3.14. The van der Waals surface area contributed by atoms with Crippen LogP contribution in [0.3, 0.4) is 0 Å². The molecule has 4 aromatic rings. The quantitative estimate of drug-likeness (QED) is 0.421. The molecule has 2 aliphatic rings. The Bertz CT molecular complexity index is 1650. The minimum atomic E-state index is -0.815. The van der Waals surface area contributed by atoms with Gasteiger partial charge in [0.25, 0.3) is 0 Å². The molecule has 6 rings (SSSR count). The molecule has 3 aromatic heterocycles. The van der Waals surface area contributed by atoms with Crippen LogP contribution in [-0.2, 0) is 24.8 Å². The number of hydrogen-bond acceptors (Lipinski definition) is 8. The summed E-state index contributed by atoms with van der Waals surface area (Å²) >= 11 is 0. The number of nitrogens with zero attached hydrogens (tertiary/aromatic N) is 6. The molecule has 0 spiro atoms. The molecule has 0 unspecified atom stereocenters. The lowest BCUT2D eigenvalue weighted by atomic mass is 10.0. The first-order chi connectivity index (χ1) is 18.6. The highest BCUT2D eigenvalue weighted by atomic mass is 19.1. The lowest BCUT2D eigenvalue weighted by molar-refractivity contribution is 0.0575. The Morgan fingerprint density at radius 3 is 2.82 bits per heavy atom. The van der Waals surface area contributed by atoms with E-state index in [1.54, 1.807) is 49.0 Å². The molecule has 0 saturated carbocycles. The fourth-order valence-electron chi connectivity index (χ4n) is 4.89. The number of aliphatic hydroxyl groups excluding tert-OH is 1. The van der Waals surface area contributed by atoms with Crippen LogP contribution < -0.4 is 14.4 Å². The lowest BCUT2D eigenvalue weighted by Gasteiger charge is -2.29. The average molecular weight is 535 g/mol. The number of halogens is 1. The molecule has 11 nitrogen and oxygen atoms in total. The predicted octanol–water partition coefficient (Wildman–Crippen LogP) is 3.87. The van der Waals surface area contributed by atoms with E-state index in [1.807, 2.05) is 6.07 Å². The van der Waals surface area contributed by atoms with Gasteiger partial charge < -0.3 is 19.3 Å². The number of rotatable bonds is 3. The topological polar surface area (TPSA) is 116 Å². The van der Waals surface area contributed by atoms with Crippen LogP contribution in [-0.4, -0.2) is 54.4 Å². The summed E-state index contributed by atoms with van der Waals surface area (Å²) in [5, 5.41) is 22.3. The molecule has 0 bridgehead atoms. The third kappa shape index (κ3) is 4.26. The lowest BCUT2D eigenvalue weighted by Crippen LogP contribution is -2.38. The van der Waals surface area contributed by atoms with Gasteiger partial charge in [0, 0.05) is 42.3 Å². The summed E-state index contributed by atoms with van der Waals surface area (Å²) < 4.78 is 36.4. The van der Waals surface area contributed by atoms with E-state index < -0.39 is 17.5 Å². The minimum absolute atomic E-state index is 0.0380. The highest BCUT2D eigenvalue weighted by Gasteiger charge is 2.34. The second-order valence-electron chi connectivity index (χ2n) is 10.4. The van der Waals surface area contributed by atoms with Crippen molar-refractivity contribution in [3.63, 3.8) is 0 Å². The van der Waals surface area contributed by atoms with Crippen molar-refractivity contribution < 1.29 is 28.5 Å². The third-order valence-electron chi connectivity index (χ3n) is 6.52. The molecular weight excluding hydrogens is 507 g/mol. The number of aryl methyl sites for hydroxylation is 1. The first kappa shape index (κ1) is 24.9. The number of pyridine rings is 1. The number of ether oxygens (including phenoxy) is 3. The largest absolute Gasteiger partial charge is 0.488 e. The zero-order chi connectivity index (χ0) is 27.5. The zero-order valence-corrected chi connectivity index (χ0v) is 21.9. The molecular formula is C27H27FN6O5. The fraction of sp³-hybridized carbons (Fsp3) is 0.333.